The van der Waals surface area contributed by atoms with Crippen molar-refractivity contribution < 1.29 is 4.74 Å². The minimum Gasteiger partial charge on any atom is -0.495 e. The number of rotatable bonds is 4. The molecule has 1 aromatic heterocycles. The van der Waals surface area contributed by atoms with Crippen LogP contribution in [-0.2, 0) is 6.42 Å². The number of nitrogens with two attached hydrogens (primary N) is 1. The van der Waals surface area contributed by atoms with Crippen molar-refractivity contribution in [1.82, 2.24) is 10.4 Å². The first-order chi connectivity index (χ1) is 9.85. The standard InChI is InChI=1S/C16H19N3O/c1-20-14-7-4-10-18-16(14)15(19-17)13-9-8-11-5-2-3-6-12(11)13/h2-7,10,13,15,19H,8-9,17H2,1H3. The van der Waals surface area contributed by atoms with Gasteiger partial charge in [0.15, 0.2) is 0 Å². The molecule has 1 aliphatic rings. The Morgan fingerprint density at radius 3 is 2.95 bits per heavy atom. The largest absolute Gasteiger partial charge is 0.495 e. The molecule has 2 aromatic rings. The molecule has 2 atom stereocenters. The Morgan fingerprint density at radius 2 is 2.15 bits per heavy atom. The highest BCUT2D eigenvalue weighted by molar-refractivity contribution is 5.39. The lowest BCUT2D eigenvalue weighted by molar-refractivity contribution is 0.378. The number of aromatic nitrogens is 1. The Hall–Kier alpha value is -1.91. The van der Waals surface area contributed by atoms with E-state index in [1.165, 1.54) is 11.1 Å². The molecule has 3 N–H and O–H groups in total. The number of nitrogens with one attached hydrogen (secondary N) is 1. The van der Waals surface area contributed by atoms with Gasteiger partial charge in [-0.3, -0.25) is 16.3 Å². The maximum atomic E-state index is 5.82. The summed E-state index contributed by atoms with van der Waals surface area (Å²) in [5, 5.41) is 0. The van der Waals surface area contributed by atoms with Gasteiger partial charge in [0.25, 0.3) is 0 Å². The van der Waals surface area contributed by atoms with Crippen molar-refractivity contribution in [2.75, 3.05) is 7.11 Å². The summed E-state index contributed by atoms with van der Waals surface area (Å²) >= 11 is 0. The summed E-state index contributed by atoms with van der Waals surface area (Å²) < 4.78 is 5.42. The lowest BCUT2D eigenvalue weighted by atomic mass is 9.91. The zero-order valence-electron chi connectivity index (χ0n) is 11.5. The zero-order chi connectivity index (χ0) is 13.9. The van der Waals surface area contributed by atoms with Crippen molar-refractivity contribution >= 4 is 0 Å². The highest BCUT2D eigenvalue weighted by atomic mass is 16.5. The van der Waals surface area contributed by atoms with Crippen molar-refractivity contribution in [1.29, 1.82) is 0 Å². The Morgan fingerprint density at radius 1 is 1.30 bits per heavy atom. The van der Waals surface area contributed by atoms with Crippen LogP contribution in [-0.4, -0.2) is 12.1 Å². The maximum absolute atomic E-state index is 5.82. The van der Waals surface area contributed by atoms with E-state index >= 15 is 0 Å². The maximum Gasteiger partial charge on any atom is 0.142 e. The topological polar surface area (TPSA) is 60.2 Å². The van der Waals surface area contributed by atoms with Crippen molar-refractivity contribution in [2.45, 2.75) is 24.8 Å². The highest BCUT2D eigenvalue weighted by Crippen LogP contribution is 2.42. The normalized spacial score (nSPS) is 18.6. The van der Waals surface area contributed by atoms with Crippen LogP contribution in [0.3, 0.4) is 0 Å². The van der Waals surface area contributed by atoms with E-state index in [1.54, 1.807) is 13.3 Å². The minimum atomic E-state index is -0.0326. The third-order valence-corrected chi connectivity index (χ3v) is 4.08. The molecular formula is C16H19N3O. The average molecular weight is 269 g/mol. The molecule has 0 saturated heterocycles. The van der Waals surface area contributed by atoms with E-state index in [4.69, 9.17) is 10.6 Å². The molecule has 0 radical (unpaired) electrons. The van der Waals surface area contributed by atoms with Crippen LogP contribution in [0, 0.1) is 0 Å². The van der Waals surface area contributed by atoms with Gasteiger partial charge < -0.3 is 4.74 Å². The molecule has 0 bridgehead atoms. The minimum absolute atomic E-state index is 0.0326. The summed E-state index contributed by atoms with van der Waals surface area (Å²) in [5.74, 6) is 6.93. The van der Waals surface area contributed by atoms with Crippen molar-refractivity contribution in [2.24, 2.45) is 5.84 Å². The average Bonchev–Trinajstić information content (AvgIpc) is 2.93. The fourth-order valence-corrected chi connectivity index (χ4v) is 3.13. The van der Waals surface area contributed by atoms with E-state index in [1.807, 2.05) is 12.1 Å². The Labute approximate surface area is 119 Å². The first kappa shape index (κ1) is 13.1. The summed E-state index contributed by atoms with van der Waals surface area (Å²) in [7, 11) is 1.66. The molecule has 0 amide bonds. The van der Waals surface area contributed by atoms with Gasteiger partial charge in [0.05, 0.1) is 13.2 Å². The van der Waals surface area contributed by atoms with E-state index in [2.05, 4.69) is 34.7 Å². The lowest BCUT2D eigenvalue weighted by Crippen LogP contribution is -2.33. The molecule has 0 saturated carbocycles. The summed E-state index contributed by atoms with van der Waals surface area (Å²) in [5.41, 5.74) is 6.58. The van der Waals surface area contributed by atoms with Gasteiger partial charge in [-0.25, -0.2) is 0 Å². The highest BCUT2D eigenvalue weighted by Gasteiger charge is 2.32. The number of pyridine rings is 1. The fourth-order valence-electron chi connectivity index (χ4n) is 3.13. The van der Waals surface area contributed by atoms with Gasteiger partial charge in [-0.1, -0.05) is 24.3 Å². The number of benzene rings is 1. The summed E-state index contributed by atoms with van der Waals surface area (Å²) in [4.78, 5) is 4.47. The van der Waals surface area contributed by atoms with Gasteiger partial charge in [-0.2, -0.15) is 0 Å². The number of hydrogen-bond donors (Lipinski definition) is 2. The molecule has 1 aliphatic carbocycles. The van der Waals surface area contributed by atoms with Gasteiger partial charge in [0.2, 0.25) is 0 Å². The fraction of sp³-hybridized carbons (Fsp3) is 0.312. The number of aryl methyl sites for hydroxylation is 1. The van der Waals surface area contributed by atoms with E-state index in [0.717, 1.165) is 24.3 Å². The Kier molecular flexibility index (Phi) is 3.67. The Bertz CT molecular complexity index is 600. The quantitative estimate of drug-likeness (QED) is 0.660. The predicted octanol–water partition coefficient (Wildman–Crippen LogP) is 2.32. The van der Waals surface area contributed by atoms with Crippen LogP contribution in [0.25, 0.3) is 0 Å². The third kappa shape index (κ3) is 2.17. The first-order valence-electron chi connectivity index (χ1n) is 6.88. The second kappa shape index (κ2) is 5.61. The molecule has 4 heteroatoms. The molecule has 3 rings (SSSR count). The van der Waals surface area contributed by atoms with E-state index in [0.29, 0.717) is 5.92 Å². The van der Waals surface area contributed by atoms with Gasteiger partial charge >= 0.3 is 0 Å². The van der Waals surface area contributed by atoms with Crippen molar-refractivity contribution in [3.05, 3.63) is 59.4 Å². The smallest absolute Gasteiger partial charge is 0.142 e. The number of ether oxygens (including phenoxy) is 1. The van der Waals surface area contributed by atoms with Crippen LogP contribution in [0.5, 0.6) is 5.75 Å². The molecule has 20 heavy (non-hydrogen) atoms. The van der Waals surface area contributed by atoms with Gasteiger partial charge in [0.1, 0.15) is 11.4 Å². The van der Waals surface area contributed by atoms with Crippen LogP contribution >= 0.6 is 0 Å². The number of methoxy groups -OCH3 is 1. The second-order valence-corrected chi connectivity index (χ2v) is 5.08. The first-order valence-corrected chi connectivity index (χ1v) is 6.88. The molecule has 1 aromatic carbocycles. The lowest BCUT2D eigenvalue weighted by Gasteiger charge is -2.24. The van der Waals surface area contributed by atoms with Crippen LogP contribution in [0.15, 0.2) is 42.6 Å². The number of fused-ring (bicyclic) bond motifs is 1. The number of nitrogens with zero attached hydrogens (tertiary/aromatic N) is 1. The van der Waals surface area contributed by atoms with E-state index in [-0.39, 0.29) is 6.04 Å². The van der Waals surface area contributed by atoms with Crippen molar-refractivity contribution in [3.8, 4) is 5.75 Å². The zero-order valence-corrected chi connectivity index (χ0v) is 11.5. The van der Waals surface area contributed by atoms with Crippen LogP contribution < -0.4 is 16.0 Å². The molecule has 104 valence electrons. The molecular weight excluding hydrogens is 250 g/mol. The molecule has 2 unspecified atom stereocenters. The van der Waals surface area contributed by atoms with Crippen LogP contribution in [0.2, 0.25) is 0 Å². The summed E-state index contributed by atoms with van der Waals surface area (Å²) in [6, 6.07) is 12.3. The van der Waals surface area contributed by atoms with Crippen LogP contribution in [0.1, 0.15) is 35.2 Å². The van der Waals surface area contributed by atoms with Gasteiger partial charge in [-0.15, -0.1) is 0 Å². The summed E-state index contributed by atoms with van der Waals surface area (Å²) in [6.07, 6.45) is 3.95. The van der Waals surface area contributed by atoms with E-state index < -0.39 is 0 Å². The second-order valence-electron chi connectivity index (χ2n) is 5.08. The molecule has 1 heterocycles. The molecule has 0 fully saturated rings. The Balaban J connectivity index is 1.99. The van der Waals surface area contributed by atoms with Crippen molar-refractivity contribution in [3.63, 3.8) is 0 Å². The van der Waals surface area contributed by atoms with Gasteiger partial charge in [-0.05, 0) is 36.1 Å². The molecule has 0 aliphatic heterocycles. The monoisotopic (exact) mass is 269 g/mol. The third-order valence-electron chi connectivity index (χ3n) is 4.08. The number of hydrogen-bond acceptors (Lipinski definition) is 4. The van der Waals surface area contributed by atoms with Gasteiger partial charge in [0, 0.05) is 12.1 Å². The number of hydrazine groups is 1. The molecule has 4 nitrogen and oxygen atoms in total. The predicted molar refractivity (Wildman–Crippen MR) is 78.4 cm³/mol. The summed E-state index contributed by atoms with van der Waals surface area (Å²) in [6.45, 7) is 0. The van der Waals surface area contributed by atoms with Crippen LogP contribution in [0.4, 0.5) is 0 Å². The molecule has 0 spiro atoms. The van der Waals surface area contributed by atoms with E-state index in [9.17, 15) is 0 Å². The SMILES string of the molecule is COc1cccnc1C(NN)C1CCc2ccccc21.